The largest absolute Gasteiger partial charge is 0.316 e. The van der Waals surface area contributed by atoms with Crippen molar-refractivity contribution in [1.29, 1.82) is 0 Å². The first-order chi connectivity index (χ1) is 7.70. The fourth-order valence-electron chi connectivity index (χ4n) is 1.90. The highest BCUT2D eigenvalue weighted by Crippen LogP contribution is 2.30. The molecule has 2 aromatic rings. The number of thiophene rings is 1. The maximum Gasteiger partial charge on any atom is 0.0348 e. The second-order valence-corrected chi connectivity index (χ2v) is 5.38. The molecule has 0 aliphatic rings. The minimum Gasteiger partial charge on any atom is -0.316 e. The zero-order valence-electron chi connectivity index (χ0n) is 10.0. The maximum atomic E-state index is 3.18. The molecule has 2 heteroatoms. The molecule has 0 atom stereocenters. The van der Waals surface area contributed by atoms with E-state index < -0.39 is 0 Å². The summed E-state index contributed by atoms with van der Waals surface area (Å²) >= 11 is 1.86. The normalized spacial score (nSPS) is 10.7. The van der Waals surface area contributed by atoms with Crippen molar-refractivity contribution in [2.75, 3.05) is 7.05 Å². The van der Waals surface area contributed by atoms with Crippen LogP contribution < -0.4 is 5.32 Å². The molecule has 0 aliphatic carbocycles. The third-order valence-electron chi connectivity index (χ3n) is 2.68. The van der Waals surface area contributed by atoms with E-state index >= 15 is 0 Å². The van der Waals surface area contributed by atoms with E-state index in [0.29, 0.717) is 0 Å². The van der Waals surface area contributed by atoms with Crippen LogP contribution in [0.25, 0.3) is 10.4 Å². The molecule has 0 bridgehead atoms. The molecule has 1 N–H and O–H groups in total. The highest BCUT2D eigenvalue weighted by molar-refractivity contribution is 7.15. The Labute approximate surface area is 101 Å². The lowest BCUT2D eigenvalue weighted by atomic mass is 10.0. The lowest BCUT2D eigenvalue weighted by molar-refractivity contribution is 0.817. The van der Waals surface area contributed by atoms with E-state index in [9.17, 15) is 0 Å². The van der Waals surface area contributed by atoms with Crippen molar-refractivity contribution in [2.45, 2.75) is 20.4 Å². The summed E-state index contributed by atoms with van der Waals surface area (Å²) in [6.07, 6.45) is 0. The predicted octanol–water partition coefficient (Wildman–Crippen LogP) is 3.75. The van der Waals surface area contributed by atoms with Crippen LogP contribution in [0.5, 0.6) is 0 Å². The molecule has 0 aliphatic heterocycles. The Kier molecular flexibility index (Phi) is 3.42. The van der Waals surface area contributed by atoms with Gasteiger partial charge >= 0.3 is 0 Å². The Balaban J connectivity index is 2.36. The van der Waals surface area contributed by atoms with Gasteiger partial charge in [-0.2, -0.15) is 0 Å². The van der Waals surface area contributed by atoms with Gasteiger partial charge in [-0.3, -0.25) is 0 Å². The van der Waals surface area contributed by atoms with E-state index in [4.69, 9.17) is 0 Å². The summed E-state index contributed by atoms with van der Waals surface area (Å²) in [6.45, 7) is 5.27. The van der Waals surface area contributed by atoms with Crippen LogP contribution in [0.2, 0.25) is 0 Å². The van der Waals surface area contributed by atoms with Crippen molar-refractivity contribution >= 4 is 11.3 Å². The van der Waals surface area contributed by atoms with Crippen molar-refractivity contribution in [3.8, 4) is 10.4 Å². The molecule has 1 aromatic carbocycles. The van der Waals surface area contributed by atoms with Gasteiger partial charge in [0.05, 0.1) is 0 Å². The minimum atomic E-state index is 0.935. The number of aryl methyl sites for hydroxylation is 2. The van der Waals surface area contributed by atoms with Gasteiger partial charge in [0.15, 0.2) is 0 Å². The molecule has 0 saturated carbocycles. The smallest absolute Gasteiger partial charge is 0.0348 e. The quantitative estimate of drug-likeness (QED) is 0.848. The van der Waals surface area contributed by atoms with Crippen molar-refractivity contribution in [1.82, 2.24) is 5.32 Å². The van der Waals surface area contributed by atoms with Crippen LogP contribution in [0.3, 0.4) is 0 Å². The zero-order valence-corrected chi connectivity index (χ0v) is 10.8. The van der Waals surface area contributed by atoms with Crippen LogP contribution in [0.1, 0.15) is 16.0 Å². The van der Waals surface area contributed by atoms with Crippen LogP contribution in [0, 0.1) is 13.8 Å². The fourth-order valence-corrected chi connectivity index (χ4v) is 2.85. The van der Waals surface area contributed by atoms with Gasteiger partial charge in [-0.1, -0.05) is 18.2 Å². The van der Waals surface area contributed by atoms with Gasteiger partial charge in [0, 0.05) is 16.3 Å². The maximum absolute atomic E-state index is 3.18. The van der Waals surface area contributed by atoms with E-state index in [-0.39, 0.29) is 0 Å². The minimum absolute atomic E-state index is 0.935. The van der Waals surface area contributed by atoms with Gasteiger partial charge in [0.1, 0.15) is 0 Å². The molecule has 2 rings (SSSR count). The summed E-state index contributed by atoms with van der Waals surface area (Å²) in [7, 11) is 1.98. The Morgan fingerprint density at radius 2 is 1.94 bits per heavy atom. The number of nitrogens with one attached hydrogen (secondary N) is 1. The molecule has 84 valence electrons. The molecule has 16 heavy (non-hydrogen) atoms. The zero-order chi connectivity index (χ0) is 11.5. The SMILES string of the molecule is CNCc1ccc(-c2ccc(C)s2)c(C)c1. The van der Waals surface area contributed by atoms with Gasteiger partial charge in [-0.25, -0.2) is 0 Å². The first kappa shape index (κ1) is 11.4. The second-order valence-electron chi connectivity index (χ2n) is 4.09. The highest BCUT2D eigenvalue weighted by atomic mass is 32.1. The molecular formula is C14H17NS. The monoisotopic (exact) mass is 231 g/mol. The van der Waals surface area contributed by atoms with Gasteiger partial charge in [0.25, 0.3) is 0 Å². The average Bonchev–Trinajstić information content (AvgIpc) is 2.65. The van der Waals surface area contributed by atoms with Crippen molar-refractivity contribution in [3.05, 3.63) is 46.3 Å². The number of benzene rings is 1. The van der Waals surface area contributed by atoms with Gasteiger partial charge in [0.2, 0.25) is 0 Å². The van der Waals surface area contributed by atoms with Crippen LogP contribution in [0.15, 0.2) is 30.3 Å². The van der Waals surface area contributed by atoms with Crippen molar-refractivity contribution in [2.24, 2.45) is 0 Å². The third-order valence-corrected chi connectivity index (χ3v) is 3.71. The van der Waals surface area contributed by atoms with Gasteiger partial charge in [-0.05, 0) is 49.7 Å². The summed E-state index contributed by atoms with van der Waals surface area (Å²) < 4.78 is 0. The number of hydrogen-bond donors (Lipinski definition) is 1. The Hall–Kier alpha value is -1.12. The summed E-state index contributed by atoms with van der Waals surface area (Å²) in [6, 6.07) is 11.1. The van der Waals surface area contributed by atoms with Gasteiger partial charge < -0.3 is 5.32 Å². The van der Waals surface area contributed by atoms with Gasteiger partial charge in [-0.15, -0.1) is 11.3 Å². The second kappa shape index (κ2) is 4.81. The van der Waals surface area contributed by atoms with E-state index in [1.165, 1.54) is 26.4 Å². The number of rotatable bonds is 3. The first-order valence-electron chi connectivity index (χ1n) is 5.51. The highest BCUT2D eigenvalue weighted by Gasteiger charge is 2.04. The Morgan fingerprint density at radius 1 is 1.12 bits per heavy atom. The average molecular weight is 231 g/mol. The summed E-state index contributed by atoms with van der Waals surface area (Å²) in [5, 5.41) is 3.18. The predicted molar refractivity (Wildman–Crippen MR) is 72.0 cm³/mol. The molecule has 0 amide bonds. The molecule has 0 fully saturated rings. The Bertz CT molecular complexity index is 485. The standard InChI is InChI=1S/C14H17NS/c1-10-8-12(9-15-3)5-6-13(10)14-7-4-11(2)16-14/h4-8,15H,9H2,1-3H3. The van der Waals surface area contributed by atoms with E-state index in [2.05, 4.69) is 49.5 Å². The summed E-state index contributed by atoms with van der Waals surface area (Å²) in [5.41, 5.74) is 4.06. The lowest BCUT2D eigenvalue weighted by Crippen LogP contribution is -2.05. The lowest BCUT2D eigenvalue weighted by Gasteiger charge is -2.06. The van der Waals surface area contributed by atoms with Crippen molar-refractivity contribution in [3.63, 3.8) is 0 Å². The van der Waals surface area contributed by atoms with Crippen LogP contribution in [0.4, 0.5) is 0 Å². The first-order valence-corrected chi connectivity index (χ1v) is 6.33. The molecule has 1 heterocycles. The van der Waals surface area contributed by atoms with Crippen LogP contribution in [-0.2, 0) is 6.54 Å². The Morgan fingerprint density at radius 3 is 2.50 bits per heavy atom. The van der Waals surface area contributed by atoms with E-state index in [1.807, 2.05) is 18.4 Å². The molecular weight excluding hydrogens is 214 g/mol. The fraction of sp³-hybridized carbons (Fsp3) is 0.286. The summed E-state index contributed by atoms with van der Waals surface area (Å²) in [5.74, 6) is 0. The molecule has 1 aromatic heterocycles. The summed E-state index contributed by atoms with van der Waals surface area (Å²) in [4.78, 5) is 2.74. The number of hydrogen-bond acceptors (Lipinski definition) is 2. The van der Waals surface area contributed by atoms with E-state index in [0.717, 1.165) is 6.54 Å². The molecule has 0 unspecified atom stereocenters. The van der Waals surface area contributed by atoms with Crippen LogP contribution in [-0.4, -0.2) is 7.05 Å². The molecule has 0 spiro atoms. The topological polar surface area (TPSA) is 12.0 Å². The van der Waals surface area contributed by atoms with Crippen molar-refractivity contribution < 1.29 is 0 Å². The van der Waals surface area contributed by atoms with Crippen LogP contribution >= 0.6 is 11.3 Å². The molecule has 1 nitrogen and oxygen atoms in total. The third kappa shape index (κ3) is 2.34. The molecule has 0 radical (unpaired) electrons. The molecule has 0 saturated heterocycles. The van der Waals surface area contributed by atoms with E-state index in [1.54, 1.807) is 0 Å².